The van der Waals surface area contributed by atoms with E-state index in [1.54, 1.807) is 24.3 Å². The van der Waals surface area contributed by atoms with Crippen molar-refractivity contribution in [2.45, 2.75) is 12.8 Å². The number of benzene rings is 2. The minimum atomic E-state index is -1.02. The number of aryl methyl sites for hydroxylation is 1. The van der Waals surface area contributed by atoms with Gasteiger partial charge in [-0.2, -0.15) is 0 Å². The summed E-state index contributed by atoms with van der Waals surface area (Å²) in [5.41, 5.74) is 9.29. The molecule has 0 bridgehead atoms. The second-order valence-corrected chi connectivity index (χ2v) is 8.72. The van der Waals surface area contributed by atoms with Crippen LogP contribution in [0.3, 0.4) is 0 Å². The molecular formula is C23H19ClN2O5S. The van der Waals surface area contributed by atoms with Crippen LogP contribution in [0.25, 0.3) is 27.2 Å². The normalized spacial score (nSPS) is 11.2. The fourth-order valence-corrected chi connectivity index (χ4v) is 4.91. The van der Waals surface area contributed by atoms with Crippen LogP contribution in [0.5, 0.6) is 5.75 Å². The van der Waals surface area contributed by atoms with Gasteiger partial charge in [-0.25, -0.2) is 4.79 Å². The zero-order valence-electron chi connectivity index (χ0n) is 16.7. The zero-order chi connectivity index (χ0) is 23.0. The summed E-state index contributed by atoms with van der Waals surface area (Å²) in [7, 11) is 0. The SMILES string of the molecule is NC(=O)c1ccc(-n2c(-c3ccc(O)cc3Cl)cc3sc(C(=O)O)cc32)cc1CCCO. The van der Waals surface area contributed by atoms with Gasteiger partial charge in [0.15, 0.2) is 0 Å². The number of hydrogen-bond acceptors (Lipinski definition) is 5. The van der Waals surface area contributed by atoms with E-state index in [4.69, 9.17) is 17.3 Å². The summed E-state index contributed by atoms with van der Waals surface area (Å²) >= 11 is 7.56. The first-order valence-corrected chi connectivity index (χ1v) is 10.9. The number of hydrogen-bond donors (Lipinski definition) is 4. The Labute approximate surface area is 191 Å². The number of aliphatic hydroxyl groups excluding tert-OH is 1. The van der Waals surface area contributed by atoms with Crippen molar-refractivity contribution in [2.75, 3.05) is 6.61 Å². The van der Waals surface area contributed by atoms with Gasteiger partial charge in [0.1, 0.15) is 10.6 Å². The Morgan fingerprint density at radius 2 is 1.88 bits per heavy atom. The molecule has 0 saturated carbocycles. The Kier molecular flexibility index (Phi) is 5.92. The number of halogens is 1. The van der Waals surface area contributed by atoms with Crippen molar-refractivity contribution in [1.29, 1.82) is 0 Å². The highest BCUT2D eigenvalue weighted by Crippen LogP contribution is 2.40. The van der Waals surface area contributed by atoms with Gasteiger partial charge in [-0.3, -0.25) is 4.79 Å². The van der Waals surface area contributed by atoms with Gasteiger partial charge < -0.3 is 25.6 Å². The molecule has 0 radical (unpaired) electrons. The van der Waals surface area contributed by atoms with E-state index in [1.807, 2.05) is 16.7 Å². The monoisotopic (exact) mass is 470 g/mol. The highest BCUT2D eigenvalue weighted by Gasteiger charge is 2.20. The molecule has 2 heterocycles. The van der Waals surface area contributed by atoms with E-state index in [1.165, 1.54) is 12.1 Å². The molecule has 4 aromatic rings. The van der Waals surface area contributed by atoms with E-state index in [0.717, 1.165) is 16.0 Å². The lowest BCUT2D eigenvalue weighted by molar-refractivity contribution is 0.0702. The maximum absolute atomic E-state index is 11.9. The number of aromatic hydroxyl groups is 1. The van der Waals surface area contributed by atoms with Crippen LogP contribution in [-0.4, -0.2) is 38.4 Å². The van der Waals surface area contributed by atoms with Crippen LogP contribution >= 0.6 is 22.9 Å². The summed E-state index contributed by atoms with van der Waals surface area (Å²) in [6.45, 7) is -0.0307. The molecule has 0 saturated heterocycles. The fraction of sp³-hybridized carbons (Fsp3) is 0.130. The fourth-order valence-electron chi connectivity index (χ4n) is 3.72. The molecule has 0 atom stereocenters. The number of nitrogens with zero attached hydrogens (tertiary/aromatic N) is 1. The number of carbonyl (C=O) groups excluding carboxylic acids is 1. The molecular weight excluding hydrogens is 452 g/mol. The lowest BCUT2D eigenvalue weighted by Gasteiger charge is -2.15. The van der Waals surface area contributed by atoms with Crippen molar-refractivity contribution in [1.82, 2.24) is 4.57 Å². The number of nitrogens with two attached hydrogens (primary N) is 1. The highest BCUT2D eigenvalue weighted by molar-refractivity contribution is 7.20. The average Bonchev–Trinajstić information content (AvgIpc) is 3.30. The van der Waals surface area contributed by atoms with Crippen molar-refractivity contribution < 1.29 is 24.9 Å². The number of rotatable bonds is 7. The first-order chi connectivity index (χ1) is 15.3. The Morgan fingerprint density at radius 1 is 1.09 bits per heavy atom. The number of aliphatic hydroxyl groups is 1. The number of amides is 1. The molecule has 32 heavy (non-hydrogen) atoms. The number of primary amides is 1. The molecule has 1 amide bonds. The predicted octanol–water partition coefficient (Wildman–Crippen LogP) is 4.44. The van der Waals surface area contributed by atoms with Gasteiger partial charge in [-0.1, -0.05) is 11.6 Å². The van der Waals surface area contributed by atoms with Crippen LogP contribution < -0.4 is 5.73 Å². The molecule has 7 nitrogen and oxygen atoms in total. The maximum Gasteiger partial charge on any atom is 0.345 e. The summed E-state index contributed by atoms with van der Waals surface area (Å²) in [5.74, 6) is -1.55. The predicted molar refractivity (Wildman–Crippen MR) is 124 cm³/mol. The van der Waals surface area contributed by atoms with Crippen molar-refractivity contribution in [2.24, 2.45) is 5.73 Å². The standard InChI is InChI=1S/C23H19ClN2O5S/c24-17-9-14(28)4-6-16(17)18-10-20-19(11-21(32-20)23(30)31)26(18)13-3-5-15(22(25)29)12(8-13)2-1-7-27/h3-6,8-11,27-28H,1-2,7H2,(H2,25,29)(H,30,31). The summed E-state index contributed by atoms with van der Waals surface area (Å²) in [6.07, 6.45) is 0.912. The maximum atomic E-state index is 11.9. The summed E-state index contributed by atoms with van der Waals surface area (Å²) in [5, 5.41) is 28.8. The summed E-state index contributed by atoms with van der Waals surface area (Å²) in [4.78, 5) is 23.6. The third-order valence-corrected chi connectivity index (χ3v) is 6.52. The smallest absolute Gasteiger partial charge is 0.345 e. The number of carboxylic acid groups (broad SMARTS) is 1. The van der Waals surface area contributed by atoms with E-state index in [2.05, 4.69) is 0 Å². The number of carboxylic acids is 1. The minimum Gasteiger partial charge on any atom is -0.508 e. The molecule has 0 aliphatic carbocycles. The van der Waals surface area contributed by atoms with E-state index >= 15 is 0 Å². The Bertz CT molecular complexity index is 1360. The quantitative estimate of drug-likeness (QED) is 0.317. The van der Waals surface area contributed by atoms with Gasteiger partial charge in [-0.05, 0) is 66.9 Å². The third-order valence-electron chi connectivity index (χ3n) is 5.15. The second kappa shape index (κ2) is 8.66. The van der Waals surface area contributed by atoms with E-state index in [-0.39, 0.29) is 17.2 Å². The first kappa shape index (κ1) is 21.9. The van der Waals surface area contributed by atoms with Crippen molar-refractivity contribution in [3.63, 3.8) is 0 Å². The van der Waals surface area contributed by atoms with Gasteiger partial charge >= 0.3 is 5.97 Å². The molecule has 0 spiro atoms. The van der Waals surface area contributed by atoms with Gasteiger partial charge in [0.2, 0.25) is 5.91 Å². The Balaban J connectivity index is 1.99. The lowest BCUT2D eigenvalue weighted by Crippen LogP contribution is -2.14. The molecule has 164 valence electrons. The molecule has 2 aromatic carbocycles. The topological polar surface area (TPSA) is 126 Å². The highest BCUT2D eigenvalue weighted by atomic mass is 35.5. The minimum absolute atomic E-state index is 0.0307. The van der Waals surface area contributed by atoms with Gasteiger partial charge in [-0.15, -0.1) is 11.3 Å². The average molecular weight is 471 g/mol. The number of aromatic nitrogens is 1. The lowest BCUT2D eigenvalue weighted by atomic mass is 10.0. The molecule has 0 aliphatic heterocycles. The van der Waals surface area contributed by atoms with Crippen LogP contribution in [0.15, 0.2) is 48.5 Å². The summed E-state index contributed by atoms with van der Waals surface area (Å²) < 4.78 is 2.61. The Morgan fingerprint density at radius 3 is 2.53 bits per heavy atom. The molecule has 5 N–H and O–H groups in total. The van der Waals surface area contributed by atoms with E-state index in [0.29, 0.717) is 51.5 Å². The summed E-state index contributed by atoms with van der Waals surface area (Å²) in [6, 6.07) is 13.3. The third kappa shape index (κ3) is 3.95. The van der Waals surface area contributed by atoms with Crippen molar-refractivity contribution in [3.8, 4) is 22.7 Å². The largest absolute Gasteiger partial charge is 0.508 e. The van der Waals surface area contributed by atoms with Crippen LogP contribution in [0.1, 0.15) is 32.0 Å². The molecule has 0 fully saturated rings. The van der Waals surface area contributed by atoms with Crippen molar-refractivity contribution in [3.05, 3.63) is 69.6 Å². The molecule has 2 aromatic heterocycles. The second-order valence-electron chi connectivity index (χ2n) is 7.23. The molecule has 0 aliphatic rings. The van der Waals surface area contributed by atoms with Gasteiger partial charge in [0, 0.05) is 23.4 Å². The number of aromatic carboxylic acids is 1. The van der Waals surface area contributed by atoms with Gasteiger partial charge in [0.05, 0.1) is 20.9 Å². The number of phenolic OH excluding ortho intramolecular Hbond substituents is 1. The molecule has 9 heteroatoms. The number of fused-ring (bicyclic) bond motifs is 1. The number of phenols is 1. The van der Waals surface area contributed by atoms with Crippen LogP contribution in [0.2, 0.25) is 5.02 Å². The van der Waals surface area contributed by atoms with E-state index < -0.39 is 11.9 Å². The zero-order valence-corrected chi connectivity index (χ0v) is 18.3. The van der Waals surface area contributed by atoms with Crippen LogP contribution in [0.4, 0.5) is 0 Å². The number of carbonyl (C=O) groups is 2. The molecule has 0 unspecified atom stereocenters. The van der Waals surface area contributed by atoms with Crippen LogP contribution in [-0.2, 0) is 6.42 Å². The van der Waals surface area contributed by atoms with E-state index in [9.17, 15) is 24.9 Å². The first-order valence-electron chi connectivity index (χ1n) is 9.71. The number of thiophene rings is 1. The van der Waals surface area contributed by atoms with Crippen LogP contribution in [0, 0.1) is 0 Å². The van der Waals surface area contributed by atoms with Gasteiger partial charge in [0.25, 0.3) is 0 Å². The Hall–Kier alpha value is -3.33. The molecule has 4 rings (SSSR count). The van der Waals surface area contributed by atoms with Crippen molar-refractivity contribution >= 4 is 45.0 Å².